The lowest BCUT2D eigenvalue weighted by Crippen LogP contribution is -2.24. The topological polar surface area (TPSA) is 99.2 Å². The quantitative estimate of drug-likeness (QED) is 0.544. The van der Waals surface area contributed by atoms with Crippen molar-refractivity contribution in [2.45, 2.75) is 36.6 Å². The molecule has 0 spiro atoms. The average molecular weight is 443 g/mol. The summed E-state index contributed by atoms with van der Waals surface area (Å²) in [6.07, 6.45) is 6.34. The fourth-order valence-corrected chi connectivity index (χ4v) is 5.68. The summed E-state index contributed by atoms with van der Waals surface area (Å²) in [6.45, 7) is 1.82. The van der Waals surface area contributed by atoms with Crippen LogP contribution in [0.5, 0.6) is 5.75 Å². The number of aryl methyl sites for hydroxylation is 1. The van der Waals surface area contributed by atoms with E-state index in [2.05, 4.69) is 10.3 Å². The van der Waals surface area contributed by atoms with Crippen molar-refractivity contribution in [1.29, 1.82) is 0 Å². The molecule has 9 heteroatoms. The molecule has 2 aromatic heterocycles. The van der Waals surface area contributed by atoms with E-state index < -0.39 is 11.2 Å². The smallest absolute Gasteiger partial charge is 0.251 e. The number of nitrogens with one attached hydrogen (secondary N) is 1. The van der Waals surface area contributed by atoms with Crippen LogP contribution < -0.4 is 15.8 Å². The number of thioether (sulfide) groups is 1. The Kier molecular flexibility index (Phi) is 5.83. The molecule has 0 bridgehead atoms. The van der Waals surface area contributed by atoms with Crippen molar-refractivity contribution >= 4 is 39.9 Å². The van der Waals surface area contributed by atoms with E-state index in [1.54, 1.807) is 13.3 Å². The summed E-state index contributed by atoms with van der Waals surface area (Å²) in [5.74, 6) is 0.0978. The second kappa shape index (κ2) is 8.53. The van der Waals surface area contributed by atoms with Crippen molar-refractivity contribution in [3.8, 4) is 11.4 Å². The van der Waals surface area contributed by atoms with Crippen LogP contribution in [-0.4, -0.2) is 33.7 Å². The number of benzene rings is 1. The van der Waals surface area contributed by atoms with Gasteiger partial charge >= 0.3 is 0 Å². The molecule has 1 aliphatic rings. The summed E-state index contributed by atoms with van der Waals surface area (Å²) in [6, 6.07) is 7.62. The summed E-state index contributed by atoms with van der Waals surface area (Å²) in [7, 11) is 1.62. The predicted molar refractivity (Wildman–Crippen MR) is 119 cm³/mol. The molecule has 0 unspecified atom stereocenters. The molecule has 3 aromatic rings. The minimum atomic E-state index is -0.486. The van der Waals surface area contributed by atoms with Crippen LogP contribution in [0.15, 0.2) is 41.8 Å². The molecule has 0 saturated carbocycles. The van der Waals surface area contributed by atoms with Gasteiger partial charge in [-0.25, -0.2) is 4.98 Å². The van der Waals surface area contributed by atoms with Gasteiger partial charge in [0.1, 0.15) is 10.8 Å². The maximum absolute atomic E-state index is 12.8. The minimum absolute atomic E-state index is 0.188. The molecular formula is C21H22N4O3S2. The Hall–Kier alpha value is -2.78. The third kappa shape index (κ3) is 3.95. The SMILES string of the molecule is COc1ccc(-n2ccnc2S[C@@H](C)C(=O)Nc2sc3c(c2C(N)=O)CCC3)cc1. The lowest BCUT2D eigenvalue weighted by Gasteiger charge is -2.13. The number of fused-ring (bicyclic) bond motifs is 1. The largest absolute Gasteiger partial charge is 0.497 e. The van der Waals surface area contributed by atoms with Crippen molar-refractivity contribution in [2.24, 2.45) is 5.73 Å². The number of thiophene rings is 1. The Morgan fingerprint density at radius 3 is 2.77 bits per heavy atom. The Balaban J connectivity index is 1.49. The highest BCUT2D eigenvalue weighted by Gasteiger charge is 2.27. The Morgan fingerprint density at radius 1 is 1.30 bits per heavy atom. The van der Waals surface area contributed by atoms with Crippen molar-refractivity contribution in [3.05, 3.63) is 52.7 Å². The standard InChI is InChI=1S/C21H22N4O3S2/c1-12(19(27)24-20-17(18(22)26)15-4-3-5-16(15)30-20)29-21-23-10-11-25(21)13-6-8-14(28-2)9-7-13/h6-12H,3-5H2,1-2H3,(H2,22,26)(H,24,27)/t12-/m0/s1. The number of nitrogens with zero attached hydrogens (tertiary/aromatic N) is 2. The molecule has 0 radical (unpaired) electrons. The van der Waals surface area contributed by atoms with Crippen LogP contribution in [0.1, 0.15) is 34.1 Å². The zero-order valence-electron chi connectivity index (χ0n) is 16.7. The van der Waals surface area contributed by atoms with Gasteiger partial charge in [0.15, 0.2) is 5.16 Å². The van der Waals surface area contributed by atoms with Gasteiger partial charge in [-0.3, -0.25) is 14.2 Å². The van der Waals surface area contributed by atoms with Gasteiger partial charge in [0.05, 0.1) is 17.9 Å². The van der Waals surface area contributed by atoms with Gasteiger partial charge in [0, 0.05) is 23.0 Å². The number of methoxy groups -OCH3 is 1. The van der Waals surface area contributed by atoms with Gasteiger partial charge in [-0.15, -0.1) is 11.3 Å². The molecule has 0 saturated heterocycles. The molecule has 7 nitrogen and oxygen atoms in total. The van der Waals surface area contributed by atoms with Crippen molar-refractivity contribution in [3.63, 3.8) is 0 Å². The molecule has 2 amide bonds. The number of amides is 2. The molecular weight excluding hydrogens is 420 g/mol. The maximum atomic E-state index is 12.8. The lowest BCUT2D eigenvalue weighted by atomic mass is 10.1. The molecule has 156 valence electrons. The van der Waals surface area contributed by atoms with Gasteiger partial charge in [0.2, 0.25) is 5.91 Å². The second-order valence-corrected chi connectivity index (χ2v) is 9.37. The Bertz CT molecular complexity index is 1090. The second-order valence-electron chi connectivity index (χ2n) is 6.95. The highest BCUT2D eigenvalue weighted by molar-refractivity contribution is 8.00. The van der Waals surface area contributed by atoms with Crippen LogP contribution in [0.2, 0.25) is 0 Å². The van der Waals surface area contributed by atoms with Gasteiger partial charge < -0.3 is 15.8 Å². The first-order chi connectivity index (χ1) is 14.5. The van der Waals surface area contributed by atoms with E-state index in [1.165, 1.54) is 23.1 Å². The first-order valence-corrected chi connectivity index (χ1v) is 11.3. The van der Waals surface area contributed by atoms with Gasteiger partial charge in [-0.2, -0.15) is 0 Å². The first kappa shape index (κ1) is 20.5. The molecule has 3 N–H and O–H groups in total. The number of carbonyl (C=O) groups is 2. The summed E-state index contributed by atoms with van der Waals surface area (Å²) in [4.78, 5) is 30.3. The molecule has 4 rings (SSSR count). The number of nitrogens with two attached hydrogens (primary N) is 1. The fourth-order valence-electron chi connectivity index (χ4n) is 3.49. The summed E-state index contributed by atoms with van der Waals surface area (Å²) < 4.78 is 7.12. The number of primary amides is 1. The monoisotopic (exact) mass is 442 g/mol. The average Bonchev–Trinajstić information content (AvgIpc) is 3.43. The van der Waals surface area contributed by atoms with Crippen LogP contribution in [-0.2, 0) is 17.6 Å². The third-order valence-corrected chi connectivity index (χ3v) is 7.30. The molecule has 1 atom stereocenters. The minimum Gasteiger partial charge on any atom is -0.497 e. The molecule has 30 heavy (non-hydrogen) atoms. The zero-order valence-corrected chi connectivity index (χ0v) is 18.3. The van der Waals surface area contributed by atoms with E-state index in [1.807, 2.05) is 42.0 Å². The fraction of sp³-hybridized carbons (Fsp3) is 0.286. The number of ether oxygens (including phenoxy) is 1. The van der Waals surface area contributed by atoms with Crippen molar-refractivity contribution < 1.29 is 14.3 Å². The number of aromatic nitrogens is 2. The van der Waals surface area contributed by atoms with E-state index in [9.17, 15) is 9.59 Å². The number of imidazole rings is 1. The first-order valence-electron chi connectivity index (χ1n) is 9.57. The summed E-state index contributed by atoms with van der Waals surface area (Å²) >= 11 is 2.81. The van der Waals surface area contributed by atoms with E-state index in [0.29, 0.717) is 15.7 Å². The molecule has 1 aromatic carbocycles. The summed E-state index contributed by atoms with van der Waals surface area (Å²) in [5.41, 5.74) is 7.98. The Labute approximate surface area is 182 Å². The molecule has 0 fully saturated rings. The van der Waals surface area contributed by atoms with Crippen LogP contribution in [0, 0.1) is 0 Å². The van der Waals surface area contributed by atoms with E-state index in [0.717, 1.165) is 41.1 Å². The van der Waals surface area contributed by atoms with Crippen LogP contribution >= 0.6 is 23.1 Å². The Morgan fingerprint density at radius 2 is 2.07 bits per heavy atom. The van der Waals surface area contributed by atoms with Crippen LogP contribution in [0.3, 0.4) is 0 Å². The number of anilines is 1. The maximum Gasteiger partial charge on any atom is 0.251 e. The van der Waals surface area contributed by atoms with Crippen molar-refractivity contribution in [2.75, 3.05) is 12.4 Å². The summed E-state index contributed by atoms with van der Waals surface area (Å²) in [5, 5.41) is 3.76. The zero-order chi connectivity index (χ0) is 21.3. The highest BCUT2D eigenvalue weighted by atomic mass is 32.2. The van der Waals surface area contributed by atoms with E-state index in [-0.39, 0.29) is 5.91 Å². The molecule has 1 aliphatic carbocycles. The third-order valence-electron chi connectivity index (χ3n) is 5.01. The van der Waals surface area contributed by atoms with Gasteiger partial charge in [-0.05, 0) is 56.0 Å². The lowest BCUT2D eigenvalue weighted by molar-refractivity contribution is -0.115. The number of rotatable bonds is 7. The number of carbonyl (C=O) groups excluding carboxylic acids is 2. The van der Waals surface area contributed by atoms with E-state index in [4.69, 9.17) is 10.5 Å². The van der Waals surface area contributed by atoms with Crippen LogP contribution in [0.4, 0.5) is 5.00 Å². The normalized spacial score (nSPS) is 13.7. The molecule has 2 heterocycles. The van der Waals surface area contributed by atoms with Crippen molar-refractivity contribution in [1.82, 2.24) is 9.55 Å². The number of hydrogen-bond acceptors (Lipinski definition) is 6. The number of hydrogen-bond donors (Lipinski definition) is 2. The molecule has 0 aliphatic heterocycles. The predicted octanol–water partition coefficient (Wildman–Crippen LogP) is 3.65. The van der Waals surface area contributed by atoms with Crippen LogP contribution in [0.25, 0.3) is 5.69 Å². The van der Waals surface area contributed by atoms with Gasteiger partial charge in [0.25, 0.3) is 5.91 Å². The van der Waals surface area contributed by atoms with Gasteiger partial charge in [-0.1, -0.05) is 11.8 Å². The highest BCUT2D eigenvalue weighted by Crippen LogP contribution is 2.39. The van der Waals surface area contributed by atoms with E-state index >= 15 is 0 Å².